The maximum Gasteiger partial charge on any atom is 0.179 e. The van der Waals surface area contributed by atoms with Gasteiger partial charge in [0.1, 0.15) is 0 Å². The molecule has 0 aliphatic heterocycles. The molecule has 0 heterocycles. The molecule has 0 aliphatic rings. The first kappa shape index (κ1) is 11.1. The molecule has 0 aliphatic carbocycles. The molecular weight excluding hydrogens is 222 g/mol. The summed E-state index contributed by atoms with van der Waals surface area (Å²) < 4.78 is 23.5. The number of hydrogen-bond donors (Lipinski definition) is 0. The van der Waals surface area contributed by atoms with Gasteiger partial charge in [-0.1, -0.05) is 30.3 Å². The molecule has 2 rings (SSSR count). The maximum absolute atomic E-state index is 11.8. The summed E-state index contributed by atoms with van der Waals surface area (Å²) in [5.41, 5.74) is 6.99. The molecule has 2 aromatic carbocycles. The summed E-state index contributed by atoms with van der Waals surface area (Å²) in [7, 11) is -3.29. The van der Waals surface area contributed by atoms with Crippen LogP contribution in [0.1, 0.15) is 0 Å². The molecule has 0 unspecified atom stereocenters. The van der Waals surface area contributed by atoms with E-state index in [4.69, 9.17) is 5.73 Å². The summed E-state index contributed by atoms with van der Waals surface area (Å²) in [5.74, 6) is -0.120. The van der Waals surface area contributed by atoms with E-state index in [0.717, 1.165) is 10.8 Å². The van der Waals surface area contributed by atoms with Gasteiger partial charge in [-0.2, -0.15) is 0 Å². The van der Waals surface area contributed by atoms with Crippen molar-refractivity contribution in [1.82, 2.24) is 5.73 Å². The van der Waals surface area contributed by atoms with Crippen molar-refractivity contribution in [3.63, 3.8) is 0 Å². The Morgan fingerprint density at radius 1 is 1.00 bits per heavy atom. The Bertz CT molecular complexity index is 605. The standard InChI is InChI=1S/C12H12NO2S/c13-7-8-16(14,15)12-6-5-10-3-1-2-4-11(10)9-12/h1-6,9,13H,7-8H2. The van der Waals surface area contributed by atoms with Gasteiger partial charge in [0.2, 0.25) is 0 Å². The topological polar surface area (TPSA) is 57.9 Å². The lowest BCUT2D eigenvalue weighted by Gasteiger charge is -2.04. The van der Waals surface area contributed by atoms with E-state index in [1.165, 1.54) is 0 Å². The Balaban J connectivity index is 2.55. The molecular formula is C12H12NO2S. The highest BCUT2D eigenvalue weighted by atomic mass is 32.2. The molecule has 0 atom stereocenters. The predicted molar refractivity (Wildman–Crippen MR) is 64.0 cm³/mol. The number of benzene rings is 2. The molecule has 0 amide bonds. The first-order valence-corrected chi connectivity index (χ1v) is 6.65. The number of hydrogen-bond acceptors (Lipinski definition) is 2. The number of rotatable bonds is 3. The van der Waals surface area contributed by atoms with Crippen LogP contribution in [0.15, 0.2) is 47.4 Å². The molecule has 0 fully saturated rings. The lowest BCUT2D eigenvalue weighted by molar-refractivity contribution is 0.596. The molecule has 83 valence electrons. The van der Waals surface area contributed by atoms with Gasteiger partial charge in [0.15, 0.2) is 9.84 Å². The third-order valence-corrected chi connectivity index (χ3v) is 4.16. The Kier molecular flexibility index (Phi) is 2.94. The van der Waals surface area contributed by atoms with Gasteiger partial charge in [0.05, 0.1) is 10.6 Å². The second-order valence-electron chi connectivity index (χ2n) is 3.58. The van der Waals surface area contributed by atoms with E-state index in [1.54, 1.807) is 18.2 Å². The molecule has 4 heteroatoms. The third-order valence-electron chi connectivity index (χ3n) is 2.45. The molecule has 2 aromatic rings. The Morgan fingerprint density at radius 2 is 1.69 bits per heavy atom. The van der Waals surface area contributed by atoms with Crippen LogP contribution >= 0.6 is 0 Å². The van der Waals surface area contributed by atoms with Crippen molar-refractivity contribution in [1.29, 1.82) is 0 Å². The molecule has 16 heavy (non-hydrogen) atoms. The van der Waals surface area contributed by atoms with Crippen LogP contribution in [0.2, 0.25) is 0 Å². The highest BCUT2D eigenvalue weighted by molar-refractivity contribution is 7.91. The van der Waals surface area contributed by atoms with Gasteiger partial charge >= 0.3 is 0 Å². The fourth-order valence-corrected chi connectivity index (χ4v) is 2.70. The smallest absolute Gasteiger partial charge is 0.179 e. The summed E-state index contributed by atoms with van der Waals surface area (Å²) in [6, 6.07) is 12.7. The van der Waals surface area contributed by atoms with E-state index in [2.05, 4.69) is 0 Å². The number of nitrogens with one attached hydrogen (secondary N) is 1. The van der Waals surface area contributed by atoms with Gasteiger partial charge in [-0.15, -0.1) is 0 Å². The lowest BCUT2D eigenvalue weighted by atomic mass is 10.1. The largest absolute Gasteiger partial charge is 0.257 e. The quantitative estimate of drug-likeness (QED) is 0.814. The second kappa shape index (κ2) is 4.23. The van der Waals surface area contributed by atoms with E-state index in [0.29, 0.717) is 4.90 Å². The molecule has 3 nitrogen and oxygen atoms in total. The van der Waals surface area contributed by atoms with Crippen LogP contribution in [0, 0.1) is 0 Å². The molecule has 1 N–H and O–H groups in total. The van der Waals surface area contributed by atoms with Crippen molar-refractivity contribution in [3.8, 4) is 0 Å². The molecule has 0 saturated carbocycles. The number of fused-ring (bicyclic) bond motifs is 1. The predicted octanol–water partition coefficient (Wildman–Crippen LogP) is 1.90. The summed E-state index contributed by atoms with van der Waals surface area (Å²) in [6.07, 6.45) is 0. The molecule has 0 spiro atoms. The highest BCUT2D eigenvalue weighted by Crippen LogP contribution is 2.19. The average molecular weight is 234 g/mol. The minimum atomic E-state index is -3.29. The van der Waals surface area contributed by atoms with Crippen molar-refractivity contribution < 1.29 is 8.42 Å². The second-order valence-corrected chi connectivity index (χ2v) is 5.69. The van der Waals surface area contributed by atoms with Crippen LogP contribution in [0.25, 0.3) is 10.8 Å². The minimum absolute atomic E-state index is 0.102. The van der Waals surface area contributed by atoms with Gasteiger partial charge in [0, 0.05) is 6.54 Å². The molecule has 1 radical (unpaired) electrons. The summed E-state index contributed by atoms with van der Waals surface area (Å²) >= 11 is 0. The first-order chi connectivity index (χ1) is 7.63. The Hall–Kier alpha value is -1.39. The van der Waals surface area contributed by atoms with Gasteiger partial charge < -0.3 is 0 Å². The first-order valence-electron chi connectivity index (χ1n) is 5.00. The Morgan fingerprint density at radius 3 is 2.38 bits per heavy atom. The van der Waals surface area contributed by atoms with Crippen molar-refractivity contribution in [2.24, 2.45) is 0 Å². The summed E-state index contributed by atoms with van der Waals surface area (Å²) in [6.45, 7) is -0.102. The average Bonchev–Trinajstić information content (AvgIpc) is 2.28. The van der Waals surface area contributed by atoms with E-state index in [1.807, 2.05) is 24.3 Å². The zero-order chi connectivity index (χ0) is 11.6. The van der Waals surface area contributed by atoms with Crippen molar-refractivity contribution in [2.75, 3.05) is 12.3 Å². The van der Waals surface area contributed by atoms with Gasteiger partial charge in [-0.05, 0) is 22.9 Å². The Labute approximate surface area is 94.8 Å². The monoisotopic (exact) mass is 234 g/mol. The van der Waals surface area contributed by atoms with Crippen molar-refractivity contribution in [2.45, 2.75) is 4.90 Å². The molecule has 0 saturated heterocycles. The zero-order valence-electron chi connectivity index (χ0n) is 8.68. The van der Waals surface area contributed by atoms with E-state index >= 15 is 0 Å². The fraction of sp³-hybridized carbons (Fsp3) is 0.167. The fourth-order valence-electron chi connectivity index (χ4n) is 1.61. The molecule has 0 bridgehead atoms. The van der Waals surface area contributed by atoms with Crippen LogP contribution in [-0.2, 0) is 9.84 Å². The summed E-state index contributed by atoms with van der Waals surface area (Å²) in [4.78, 5) is 0.304. The zero-order valence-corrected chi connectivity index (χ0v) is 9.50. The highest BCUT2D eigenvalue weighted by Gasteiger charge is 2.13. The molecule has 0 aromatic heterocycles. The van der Waals surface area contributed by atoms with E-state index in [-0.39, 0.29) is 12.3 Å². The van der Waals surface area contributed by atoms with Crippen LogP contribution < -0.4 is 5.73 Å². The van der Waals surface area contributed by atoms with Gasteiger partial charge in [-0.25, -0.2) is 8.42 Å². The van der Waals surface area contributed by atoms with Crippen LogP contribution in [0.5, 0.6) is 0 Å². The van der Waals surface area contributed by atoms with Crippen molar-refractivity contribution >= 4 is 20.6 Å². The maximum atomic E-state index is 11.8. The van der Waals surface area contributed by atoms with E-state index in [9.17, 15) is 8.42 Å². The normalized spacial score (nSPS) is 11.8. The van der Waals surface area contributed by atoms with Gasteiger partial charge in [-0.3, -0.25) is 5.73 Å². The van der Waals surface area contributed by atoms with Crippen LogP contribution in [0.3, 0.4) is 0 Å². The van der Waals surface area contributed by atoms with E-state index < -0.39 is 9.84 Å². The van der Waals surface area contributed by atoms with Gasteiger partial charge in [0.25, 0.3) is 0 Å². The third kappa shape index (κ3) is 2.08. The lowest BCUT2D eigenvalue weighted by Crippen LogP contribution is -2.10. The minimum Gasteiger partial charge on any atom is -0.257 e. The summed E-state index contributed by atoms with van der Waals surface area (Å²) in [5, 5.41) is 1.93. The van der Waals surface area contributed by atoms with Crippen LogP contribution in [0.4, 0.5) is 0 Å². The van der Waals surface area contributed by atoms with Crippen molar-refractivity contribution in [3.05, 3.63) is 42.5 Å². The SMILES string of the molecule is [NH]CCS(=O)(=O)c1ccc2ccccc2c1. The number of sulfone groups is 1. The van der Waals surface area contributed by atoms with Crippen LogP contribution in [-0.4, -0.2) is 20.7 Å².